The molecule has 0 heterocycles. The van der Waals surface area contributed by atoms with Crippen LogP contribution in [0.1, 0.15) is 38.5 Å². The summed E-state index contributed by atoms with van der Waals surface area (Å²) >= 11 is 1.59. The number of rotatable bonds is 8. The van der Waals surface area contributed by atoms with Gasteiger partial charge >= 0.3 is 5.97 Å². The van der Waals surface area contributed by atoms with Gasteiger partial charge in [0.05, 0.1) is 13.7 Å². The zero-order chi connectivity index (χ0) is 16.4. The molecule has 0 aromatic heterocycles. The van der Waals surface area contributed by atoms with Gasteiger partial charge in [-0.25, -0.2) is 4.79 Å². The van der Waals surface area contributed by atoms with Gasteiger partial charge in [0.1, 0.15) is 6.04 Å². The number of esters is 1. The van der Waals surface area contributed by atoms with Crippen molar-refractivity contribution < 1.29 is 19.1 Å². The van der Waals surface area contributed by atoms with E-state index >= 15 is 0 Å². The highest BCUT2D eigenvalue weighted by Gasteiger charge is 2.23. The van der Waals surface area contributed by atoms with Crippen molar-refractivity contribution in [2.75, 3.05) is 25.7 Å². The smallest absolute Gasteiger partial charge is 0.328 e. The number of nitrogens with one attached hydrogen (secondary N) is 2. The van der Waals surface area contributed by atoms with Gasteiger partial charge in [-0.2, -0.15) is 11.8 Å². The van der Waals surface area contributed by atoms with E-state index in [4.69, 9.17) is 0 Å². The van der Waals surface area contributed by atoms with Crippen LogP contribution in [0.15, 0.2) is 0 Å². The molecule has 0 unspecified atom stereocenters. The van der Waals surface area contributed by atoms with Crippen LogP contribution in [0.5, 0.6) is 0 Å². The Morgan fingerprint density at radius 3 is 2.50 bits per heavy atom. The van der Waals surface area contributed by atoms with Gasteiger partial charge in [0, 0.05) is 5.92 Å². The van der Waals surface area contributed by atoms with Crippen molar-refractivity contribution in [3.05, 3.63) is 0 Å². The van der Waals surface area contributed by atoms with E-state index in [1.54, 1.807) is 11.8 Å². The van der Waals surface area contributed by atoms with E-state index in [9.17, 15) is 14.4 Å². The van der Waals surface area contributed by atoms with Gasteiger partial charge in [-0.1, -0.05) is 19.3 Å². The van der Waals surface area contributed by atoms with Crippen LogP contribution in [0, 0.1) is 5.92 Å². The SMILES string of the molecule is COC(=O)[C@@H](CCSC)NC(=O)CNC(=O)C1CCCCC1. The summed E-state index contributed by atoms with van der Waals surface area (Å²) in [7, 11) is 1.30. The van der Waals surface area contributed by atoms with Crippen molar-refractivity contribution in [1.82, 2.24) is 10.6 Å². The van der Waals surface area contributed by atoms with E-state index in [-0.39, 0.29) is 24.3 Å². The number of hydrogen-bond donors (Lipinski definition) is 2. The highest BCUT2D eigenvalue weighted by Crippen LogP contribution is 2.23. The lowest BCUT2D eigenvalue weighted by Gasteiger charge is -2.21. The Morgan fingerprint density at radius 2 is 1.91 bits per heavy atom. The van der Waals surface area contributed by atoms with Gasteiger partial charge in [-0.3, -0.25) is 9.59 Å². The van der Waals surface area contributed by atoms with Crippen LogP contribution < -0.4 is 10.6 Å². The summed E-state index contributed by atoms with van der Waals surface area (Å²) in [6, 6.07) is -0.656. The van der Waals surface area contributed by atoms with E-state index in [1.165, 1.54) is 13.5 Å². The molecule has 0 bridgehead atoms. The van der Waals surface area contributed by atoms with Crippen molar-refractivity contribution in [3.8, 4) is 0 Å². The van der Waals surface area contributed by atoms with Crippen LogP contribution in [-0.2, 0) is 19.1 Å². The van der Waals surface area contributed by atoms with Gasteiger partial charge in [-0.05, 0) is 31.3 Å². The first-order chi connectivity index (χ1) is 10.6. The Bertz CT molecular complexity index is 384. The number of amides is 2. The molecule has 0 spiro atoms. The lowest BCUT2D eigenvalue weighted by molar-refractivity contribution is -0.145. The first-order valence-electron chi connectivity index (χ1n) is 7.72. The van der Waals surface area contributed by atoms with E-state index in [0.717, 1.165) is 31.4 Å². The lowest BCUT2D eigenvalue weighted by atomic mass is 9.89. The Balaban J connectivity index is 2.35. The predicted octanol–water partition coefficient (Wildman–Crippen LogP) is 1.09. The molecule has 0 saturated heterocycles. The van der Waals surface area contributed by atoms with Gasteiger partial charge in [0.2, 0.25) is 11.8 Å². The molecule has 1 saturated carbocycles. The summed E-state index contributed by atoms with van der Waals surface area (Å²) in [4.78, 5) is 35.5. The molecule has 22 heavy (non-hydrogen) atoms. The predicted molar refractivity (Wildman–Crippen MR) is 86.5 cm³/mol. The minimum absolute atomic E-state index is 0.0226. The van der Waals surface area contributed by atoms with Gasteiger partial charge < -0.3 is 15.4 Å². The maximum atomic E-state index is 12.0. The molecule has 0 aliphatic heterocycles. The van der Waals surface area contributed by atoms with Crippen LogP contribution in [0.25, 0.3) is 0 Å². The number of carbonyl (C=O) groups is 3. The molecule has 1 fully saturated rings. The Morgan fingerprint density at radius 1 is 1.23 bits per heavy atom. The van der Waals surface area contributed by atoms with Gasteiger partial charge in [0.15, 0.2) is 0 Å². The van der Waals surface area contributed by atoms with Gasteiger partial charge in [0.25, 0.3) is 0 Å². The Labute approximate surface area is 136 Å². The minimum atomic E-state index is -0.656. The molecule has 2 N–H and O–H groups in total. The van der Waals surface area contributed by atoms with Crippen molar-refractivity contribution in [3.63, 3.8) is 0 Å². The molecule has 1 rings (SSSR count). The molecule has 7 heteroatoms. The minimum Gasteiger partial charge on any atom is -0.467 e. The maximum absolute atomic E-state index is 12.0. The van der Waals surface area contributed by atoms with Gasteiger partial charge in [-0.15, -0.1) is 0 Å². The molecule has 2 amide bonds. The number of thioether (sulfide) groups is 1. The molecular formula is C15H26N2O4S. The number of carbonyl (C=O) groups excluding carboxylic acids is 3. The average molecular weight is 330 g/mol. The summed E-state index contributed by atoms with van der Waals surface area (Å²) < 4.78 is 4.68. The number of ether oxygens (including phenoxy) is 1. The third-order valence-electron chi connectivity index (χ3n) is 3.83. The molecule has 1 atom stereocenters. The number of hydrogen-bond acceptors (Lipinski definition) is 5. The largest absolute Gasteiger partial charge is 0.467 e. The topological polar surface area (TPSA) is 84.5 Å². The quantitative estimate of drug-likeness (QED) is 0.651. The lowest BCUT2D eigenvalue weighted by Crippen LogP contribution is -2.47. The fourth-order valence-electron chi connectivity index (χ4n) is 2.55. The van der Waals surface area contributed by atoms with Crippen LogP contribution in [-0.4, -0.2) is 49.5 Å². The van der Waals surface area contributed by atoms with Crippen molar-refractivity contribution >= 4 is 29.5 Å². The normalized spacial score (nSPS) is 16.6. The summed E-state index contributed by atoms with van der Waals surface area (Å²) in [5, 5.41) is 5.28. The molecule has 126 valence electrons. The molecule has 0 aromatic rings. The standard InChI is InChI=1S/C15H26N2O4S/c1-21-15(20)12(8-9-22-2)17-13(18)10-16-14(19)11-6-4-3-5-7-11/h11-12H,3-10H2,1-2H3,(H,16,19)(H,17,18)/t12-/m1/s1. The molecule has 0 radical (unpaired) electrons. The molecule has 6 nitrogen and oxygen atoms in total. The first-order valence-corrected chi connectivity index (χ1v) is 9.11. The summed E-state index contributed by atoms with van der Waals surface area (Å²) in [5.41, 5.74) is 0. The summed E-state index contributed by atoms with van der Waals surface area (Å²) in [6.07, 6.45) is 7.56. The first kappa shape index (κ1) is 18.8. The maximum Gasteiger partial charge on any atom is 0.328 e. The molecule has 1 aliphatic rings. The second kappa shape index (κ2) is 10.5. The fourth-order valence-corrected chi connectivity index (χ4v) is 3.02. The van der Waals surface area contributed by atoms with E-state index < -0.39 is 12.0 Å². The Hall–Kier alpha value is -1.24. The second-order valence-corrected chi connectivity index (χ2v) is 6.46. The molecule has 1 aliphatic carbocycles. The average Bonchev–Trinajstić information content (AvgIpc) is 2.56. The Kier molecular flexibility index (Phi) is 8.96. The van der Waals surface area contributed by atoms with Crippen molar-refractivity contribution in [2.45, 2.75) is 44.6 Å². The zero-order valence-corrected chi connectivity index (χ0v) is 14.2. The highest BCUT2D eigenvalue weighted by molar-refractivity contribution is 7.98. The van der Waals surface area contributed by atoms with Crippen LogP contribution in [0.4, 0.5) is 0 Å². The van der Waals surface area contributed by atoms with Crippen LogP contribution in [0.2, 0.25) is 0 Å². The van der Waals surface area contributed by atoms with E-state index in [0.29, 0.717) is 6.42 Å². The van der Waals surface area contributed by atoms with E-state index in [2.05, 4.69) is 15.4 Å². The second-order valence-electron chi connectivity index (χ2n) is 5.48. The van der Waals surface area contributed by atoms with Crippen molar-refractivity contribution in [1.29, 1.82) is 0 Å². The number of methoxy groups -OCH3 is 1. The molecular weight excluding hydrogens is 304 g/mol. The summed E-state index contributed by atoms with van der Waals surface area (Å²) in [6.45, 7) is -0.0951. The zero-order valence-electron chi connectivity index (χ0n) is 13.4. The van der Waals surface area contributed by atoms with Crippen molar-refractivity contribution in [2.24, 2.45) is 5.92 Å². The fraction of sp³-hybridized carbons (Fsp3) is 0.800. The van der Waals surface area contributed by atoms with Crippen LogP contribution >= 0.6 is 11.8 Å². The monoisotopic (exact) mass is 330 g/mol. The summed E-state index contributed by atoms with van der Waals surface area (Å²) in [5.74, 6) is -0.112. The van der Waals surface area contributed by atoms with Crippen LogP contribution in [0.3, 0.4) is 0 Å². The van der Waals surface area contributed by atoms with E-state index in [1.807, 2.05) is 6.26 Å². The molecule has 0 aromatic carbocycles. The third-order valence-corrected chi connectivity index (χ3v) is 4.47. The highest BCUT2D eigenvalue weighted by atomic mass is 32.2. The third kappa shape index (κ3) is 6.68.